The third kappa shape index (κ3) is 2.53. The summed E-state index contributed by atoms with van der Waals surface area (Å²) >= 11 is 0. The number of H-pyrrole nitrogens is 1. The number of nitrogens with zero attached hydrogens (tertiary/aromatic N) is 1. The van der Waals surface area contributed by atoms with E-state index < -0.39 is 0 Å². The Kier molecular flexibility index (Phi) is 3.66. The molecule has 1 heterocycles. The summed E-state index contributed by atoms with van der Waals surface area (Å²) in [5, 5.41) is 0. The lowest BCUT2D eigenvalue weighted by Gasteiger charge is -2.28. The first-order valence-corrected chi connectivity index (χ1v) is 7.78. The maximum Gasteiger partial charge on any atom is 0.254 e. The van der Waals surface area contributed by atoms with Gasteiger partial charge in [0.05, 0.1) is 5.69 Å². The fourth-order valence-electron chi connectivity index (χ4n) is 2.87. The van der Waals surface area contributed by atoms with E-state index in [9.17, 15) is 4.79 Å². The molecule has 2 aromatic rings. The third-order valence-electron chi connectivity index (χ3n) is 4.48. The summed E-state index contributed by atoms with van der Waals surface area (Å²) in [5.74, 6) is 1.61. The van der Waals surface area contributed by atoms with Crippen molar-refractivity contribution in [1.29, 1.82) is 0 Å². The second kappa shape index (κ2) is 5.47. The molecule has 0 amide bonds. The average molecular weight is 282 g/mol. The van der Waals surface area contributed by atoms with E-state index in [0.717, 1.165) is 17.1 Å². The van der Waals surface area contributed by atoms with Gasteiger partial charge in [-0.2, -0.15) is 0 Å². The Bertz CT molecular complexity index is 711. The number of aromatic nitrogens is 2. The van der Waals surface area contributed by atoms with Crippen molar-refractivity contribution < 1.29 is 0 Å². The van der Waals surface area contributed by atoms with Gasteiger partial charge in [-0.15, -0.1) is 0 Å². The average Bonchev–Trinajstić information content (AvgIpc) is 2.40. The molecule has 1 aliphatic rings. The van der Waals surface area contributed by atoms with Gasteiger partial charge in [-0.05, 0) is 31.2 Å². The van der Waals surface area contributed by atoms with Crippen LogP contribution >= 0.6 is 0 Å². The summed E-state index contributed by atoms with van der Waals surface area (Å²) in [4.78, 5) is 19.9. The van der Waals surface area contributed by atoms with E-state index in [1.807, 2.05) is 13.0 Å². The highest BCUT2D eigenvalue weighted by molar-refractivity contribution is 5.67. The zero-order valence-electron chi connectivity index (χ0n) is 12.9. The van der Waals surface area contributed by atoms with Crippen LogP contribution in [0, 0.1) is 6.92 Å². The molecule has 1 aromatic heterocycles. The number of benzene rings is 1. The van der Waals surface area contributed by atoms with Gasteiger partial charge in [0.15, 0.2) is 0 Å². The summed E-state index contributed by atoms with van der Waals surface area (Å²) in [5.41, 5.74) is 4.02. The molecule has 0 bridgehead atoms. The van der Waals surface area contributed by atoms with Gasteiger partial charge in [-0.1, -0.05) is 44.5 Å². The van der Waals surface area contributed by atoms with Gasteiger partial charge in [-0.3, -0.25) is 4.79 Å². The molecule has 0 saturated heterocycles. The van der Waals surface area contributed by atoms with Gasteiger partial charge in [0.25, 0.3) is 5.56 Å². The van der Waals surface area contributed by atoms with Gasteiger partial charge in [0.1, 0.15) is 5.82 Å². The number of hydrogen-bond donors (Lipinski definition) is 1. The summed E-state index contributed by atoms with van der Waals surface area (Å²) in [6, 6.07) is 8.42. The van der Waals surface area contributed by atoms with Crippen LogP contribution in [0.25, 0.3) is 11.3 Å². The van der Waals surface area contributed by atoms with Crippen LogP contribution in [-0.2, 0) is 0 Å². The molecule has 1 aliphatic carbocycles. The number of rotatable bonds is 3. The first-order valence-electron chi connectivity index (χ1n) is 7.78. The normalized spacial score (nSPS) is 15.2. The van der Waals surface area contributed by atoms with Crippen molar-refractivity contribution >= 4 is 0 Å². The van der Waals surface area contributed by atoms with E-state index in [-0.39, 0.29) is 11.5 Å². The maximum atomic E-state index is 12.2. The molecule has 1 N–H and O–H groups in total. The Morgan fingerprint density at radius 3 is 2.57 bits per heavy atom. The molecule has 110 valence electrons. The molecule has 3 rings (SSSR count). The molecule has 3 heteroatoms. The number of aromatic amines is 1. The third-order valence-corrected chi connectivity index (χ3v) is 4.48. The molecule has 0 unspecified atom stereocenters. The second-order valence-electron chi connectivity index (χ2n) is 6.29. The molecular formula is C18H22N2O. The largest absolute Gasteiger partial charge is 0.310 e. The van der Waals surface area contributed by atoms with Crippen LogP contribution in [-0.4, -0.2) is 9.97 Å². The van der Waals surface area contributed by atoms with Gasteiger partial charge in [-0.25, -0.2) is 4.98 Å². The first-order chi connectivity index (χ1) is 10.1. The van der Waals surface area contributed by atoms with Crippen molar-refractivity contribution in [3.05, 3.63) is 51.6 Å². The van der Waals surface area contributed by atoms with E-state index in [1.54, 1.807) is 0 Å². The van der Waals surface area contributed by atoms with Crippen LogP contribution in [0.3, 0.4) is 0 Å². The van der Waals surface area contributed by atoms with Crippen molar-refractivity contribution in [2.45, 2.75) is 51.9 Å². The number of hydrogen-bond acceptors (Lipinski definition) is 2. The Morgan fingerprint density at radius 1 is 1.24 bits per heavy atom. The van der Waals surface area contributed by atoms with Gasteiger partial charge >= 0.3 is 0 Å². The van der Waals surface area contributed by atoms with Gasteiger partial charge in [0.2, 0.25) is 0 Å². The standard InChI is InChI=1S/C18H22N2O/c1-11(2)17-19-16(12(3)18(21)20-17)15-10-5-4-9-14(15)13-7-6-8-13/h4-5,9-11,13H,6-8H2,1-3H3,(H,19,20,21). The lowest BCUT2D eigenvalue weighted by molar-refractivity contribution is 0.420. The fraction of sp³-hybridized carbons (Fsp3) is 0.444. The maximum absolute atomic E-state index is 12.2. The highest BCUT2D eigenvalue weighted by atomic mass is 16.1. The monoisotopic (exact) mass is 282 g/mol. The smallest absolute Gasteiger partial charge is 0.254 e. The fourth-order valence-corrected chi connectivity index (χ4v) is 2.87. The summed E-state index contributed by atoms with van der Waals surface area (Å²) in [6.45, 7) is 5.97. The van der Waals surface area contributed by atoms with Crippen LogP contribution in [0.4, 0.5) is 0 Å². The minimum Gasteiger partial charge on any atom is -0.310 e. The molecular weight excluding hydrogens is 260 g/mol. The quantitative estimate of drug-likeness (QED) is 0.919. The van der Waals surface area contributed by atoms with E-state index in [1.165, 1.54) is 24.8 Å². The molecule has 1 aromatic carbocycles. The Morgan fingerprint density at radius 2 is 1.95 bits per heavy atom. The molecule has 3 nitrogen and oxygen atoms in total. The Hall–Kier alpha value is -1.90. The zero-order chi connectivity index (χ0) is 15.0. The van der Waals surface area contributed by atoms with Crippen LogP contribution in [0.2, 0.25) is 0 Å². The first kappa shape index (κ1) is 14.1. The molecule has 0 radical (unpaired) electrons. The Balaban J connectivity index is 2.18. The molecule has 1 saturated carbocycles. The van der Waals surface area contributed by atoms with E-state index >= 15 is 0 Å². The molecule has 0 spiro atoms. The van der Waals surface area contributed by atoms with Crippen LogP contribution in [0.15, 0.2) is 29.1 Å². The molecule has 0 atom stereocenters. The van der Waals surface area contributed by atoms with Crippen molar-refractivity contribution in [2.75, 3.05) is 0 Å². The predicted octanol–water partition coefficient (Wildman–Crippen LogP) is 4.14. The minimum atomic E-state index is -0.0212. The second-order valence-corrected chi connectivity index (χ2v) is 6.29. The minimum absolute atomic E-state index is 0.0212. The van der Waals surface area contributed by atoms with Crippen LogP contribution in [0.5, 0.6) is 0 Å². The van der Waals surface area contributed by atoms with Crippen molar-refractivity contribution in [3.8, 4) is 11.3 Å². The van der Waals surface area contributed by atoms with Crippen molar-refractivity contribution in [2.24, 2.45) is 0 Å². The van der Waals surface area contributed by atoms with Crippen molar-refractivity contribution in [1.82, 2.24) is 9.97 Å². The summed E-state index contributed by atoms with van der Waals surface area (Å²) < 4.78 is 0. The lowest BCUT2D eigenvalue weighted by Crippen LogP contribution is -2.18. The molecule has 21 heavy (non-hydrogen) atoms. The molecule has 0 aliphatic heterocycles. The van der Waals surface area contributed by atoms with Gasteiger partial charge < -0.3 is 4.98 Å². The van der Waals surface area contributed by atoms with E-state index in [2.05, 4.69) is 37.0 Å². The van der Waals surface area contributed by atoms with E-state index in [0.29, 0.717) is 11.5 Å². The molecule has 1 fully saturated rings. The van der Waals surface area contributed by atoms with Crippen LogP contribution in [0.1, 0.15) is 61.9 Å². The highest BCUT2D eigenvalue weighted by Crippen LogP contribution is 2.41. The zero-order valence-corrected chi connectivity index (χ0v) is 12.9. The van der Waals surface area contributed by atoms with Crippen LogP contribution < -0.4 is 5.56 Å². The van der Waals surface area contributed by atoms with Crippen molar-refractivity contribution in [3.63, 3.8) is 0 Å². The predicted molar refractivity (Wildman–Crippen MR) is 85.7 cm³/mol. The van der Waals surface area contributed by atoms with E-state index in [4.69, 9.17) is 4.98 Å². The lowest BCUT2D eigenvalue weighted by atomic mass is 9.77. The Labute approximate surface area is 125 Å². The van der Waals surface area contributed by atoms with Gasteiger partial charge in [0, 0.05) is 17.0 Å². The highest BCUT2D eigenvalue weighted by Gasteiger charge is 2.24. The SMILES string of the molecule is Cc1c(-c2ccccc2C2CCC2)nc(C(C)C)[nH]c1=O. The number of nitrogens with one attached hydrogen (secondary N) is 1. The summed E-state index contributed by atoms with van der Waals surface area (Å²) in [7, 11) is 0. The topological polar surface area (TPSA) is 45.8 Å². The summed E-state index contributed by atoms with van der Waals surface area (Å²) in [6.07, 6.45) is 3.80.